The van der Waals surface area contributed by atoms with Crippen molar-refractivity contribution in [1.82, 2.24) is 0 Å². The number of oxime groups is 1. The van der Waals surface area contributed by atoms with Gasteiger partial charge in [0.05, 0.1) is 11.3 Å². The first kappa shape index (κ1) is 13.2. The number of hydrogen-bond donors (Lipinski definition) is 3. The molecule has 0 amide bonds. The fraction of sp³-hybridized carbons (Fsp3) is 0.222. The van der Waals surface area contributed by atoms with Gasteiger partial charge >= 0.3 is 0 Å². The second-order valence-corrected chi connectivity index (χ2v) is 5.20. The molecule has 0 aliphatic heterocycles. The van der Waals surface area contributed by atoms with Gasteiger partial charge in [-0.25, -0.2) is 12.8 Å². The molecule has 1 rings (SSSR count). The van der Waals surface area contributed by atoms with Crippen LogP contribution in [-0.4, -0.2) is 25.2 Å². The monoisotopic (exact) mass is 261 g/mol. The summed E-state index contributed by atoms with van der Waals surface area (Å²) in [5.74, 6) is -1.25. The molecule has 0 fully saturated rings. The molecule has 0 saturated heterocycles. The zero-order valence-corrected chi connectivity index (χ0v) is 9.83. The molecular weight excluding hydrogens is 249 g/mol. The highest BCUT2D eigenvalue weighted by molar-refractivity contribution is 7.92. The number of nitrogens with one attached hydrogen (secondary N) is 1. The molecule has 6 nitrogen and oxygen atoms in total. The van der Waals surface area contributed by atoms with Gasteiger partial charge in [-0.15, -0.1) is 0 Å². The Morgan fingerprint density at radius 3 is 2.76 bits per heavy atom. The number of nitrogens with zero attached hydrogens (tertiary/aromatic N) is 1. The molecule has 0 aliphatic carbocycles. The zero-order valence-electron chi connectivity index (χ0n) is 9.01. The van der Waals surface area contributed by atoms with Crippen molar-refractivity contribution in [2.24, 2.45) is 10.9 Å². The van der Waals surface area contributed by atoms with Gasteiger partial charge in [-0.1, -0.05) is 5.16 Å². The molecule has 1 aromatic carbocycles. The van der Waals surface area contributed by atoms with Gasteiger partial charge in [0.1, 0.15) is 5.82 Å². The highest BCUT2D eigenvalue weighted by Crippen LogP contribution is 2.15. The molecule has 0 spiro atoms. The molecule has 0 atom stereocenters. The van der Waals surface area contributed by atoms with E-state index in [1.54, 1.807) is 0 Å². The topological polar surface area (TPSA) is 105 Å². The van der Waals surface area contributed by atoms with Crippen LogP contribution in [0.3, 0.4) is 0 Å². The summed E-state index contributed by atoms with van der Waals surface area (Å²) in [7, 11) is -3.45. The zero-order chi connectivity index (χ0) is 13.1. The second-order valence-electron chi connectivity index (χ2n) is 3.19. The third-order valence-corrected chi connectivity index (χ3v) is 3.31. The van der Waals surface area contributed by atoms with Crippen molar-refractivity contribution >= 4 is 21.5 Å². The number of halogens is 1. The molecule has 94 valence electrons. The van der Waals surface area contributed by atoms with Gasteiger partial charge in [0, 0.05) is 5.69 Å². The molecule has 0 saturated carbocycles. The maximum absolute atomic E-state index is 13.3. The predicted octanol–water partition coefficient (Wildman–Crippen LogP) is 0.682. The smallest absolute Gasteiger partial charge is 0.232 e. The molecular formula is C9H12FN3O3S. The van der Waals surface area contributed by atoms with Crippen LogP contribution in [0.2, 0.25) is 0 Å². The van der Waals surface area contributed by atoms with E-state index in [1.807, 2.05) is 0 Å². The van der Waals surface area contributed by atoms with Crippen molar-refractivity contribution in [1.29, 1.82) is 0 Å². The minimum Gasteiger partial charge on any atom is -0.409 e. The Morgan fingerprint density at radius 1 is 1.59 bits per heavy atom. The van der Waals surface area contributed by atoms with Crippen molar-refractivity contribution < 1.29 is 18.0 Å². The largest absolute Gasteiger partial charge is 0.409 e. The minimum atomic E-state index is -3.45. The van der Waals surface area contributed by atoms with Gasteiger partial charge in [0.2, 0.25) is 10.0 Å². The Hall–Kier alpha value is -1.83. The summed E-state index contributed by atoms with van der Waals surface area (Å²) in [6.45, 7) is 1.47. The van der Waals surface area contributed by atoms with Gasteiger partial charge in [0.25, 0.3) is 0 Å². The van der Waals surface area contributed by atoms with E-state index >= 15 is 0 Å². The normalized spacial score (nSPS) is 12.5. The quantitative estimate of drug-likeness (QED) is 0.321. The third-order valence-electron chi connectivity index (χ3n) is 2.00. The first-order chi connectivity index (χ1) is 7.89. The van der Waals surface area contributed by atoms with Gasteiger partial charge in [-0.05, 0) is 25.1 Å². The molecule has 17 heavy (non-hydrogen) atoms. The van der Waals surface area contributed by atoms with Crippen LogP contribution in [0.1, 0.15) is 12.5 Å². The first-order valence-electron chi connectivity index (χ1n) is 4.67. The van der Waals surface area contributed by atoms with Gasteiger partial charge < -0.3 is 10.9 Å². The Balaban J connectivity index is 3.14. The lowest BCUT2D eigenvalue weighted by Gasteiger charge is -2.08. The van der Waals surface area contributed by atoms with Crippen LogP contribution >= 0.6 is 0 Å². The maximum Gasteiger partial charge on any atom is 0.232 e. The van der Waals surface area contributed by atoms with Crippen molar-refractivity contribution in [2.45, 2.75) is 6.92 Å². The van der Waals surface area contributed by atoms with Gasteiger partial charge in [-0.3, -0.25) is 4.72 Å². The number of amidine groups is 1. The summed E-state index contributed by atoms with van der Waals surface area (Å²) in [6, 6.07) is 3.43. The number of sulfonamides is 1. The Kier molecular flexibility index (Phi) is 3.89. The molecule has 8 heteroatoms. The van der Waals surface area contributed by atoms with Crippen LogP contribution in [0.15, 0.2) is 23.4 Å². The number of anilines is 1. The van der Waals surface area contributed by atoms with E-state index < -0.39 is 21.7 Å². The summed E-state index contributed by atoms with van der Waals surface area (Å²) in [6.07, 6.45) is 0. The molecule has 0 aliphatic rings. The van der Waals surface area contributed by atoms with Crippen molar-refractivity contribution in [2.75, 3.05) is 10.5 Å². The number of rotatable bonds is 4. The summed E-state index contributed by atoms with van der Waals surface area (Å²) in [4.78, 5) is 0. The molecule has 0 bridgehead atoms. The van der Waals surface area contributed by atoms with E-state index in [-0.39, 0.29) is 17.0 Å². The van der Waals surface area contributed by atoms with Crippen molar-refractivity contribution in [3.8, 4) is 0 Å². The van der Waals surface area contributed by atoms with Gasteiger partial charge in [-0.2, -0.15) is 0 Å². The highest BCUT2D eigenvalue weighted by atomic mass is 32.2. The van der Waals surface area contributed by atoms with E-state index in [4.69, 9.17) is 10.9 Å². The van der Waals surface area contributed by atoms with Crippen molar-refractivity contribution in [3.63, 3.8) is 0 Å². The fourth-order valence-corrected chi connectivity index (χ4v) is 1.72. The SMILES string of the molecule is CCS(=O)(=O)Nc1ccc(F)c(/C(N)=N/O)c1. The van der Waals surface area contributed by atoms with E-state index in [9.17, 15) is 12.8 Å². The second kappa shape index (κ2) is 5.00. The average molecular weight is 261 g/mol. The fourth-order valence-electron chi connectivity index (χ4n) is 1.09. The lowest BCUT2D eigenvalue weighted by Crippen LogP contribution is -2.18. The molecule has 0 unspecified atom stereocenters. The number of benzene rings is 1. The maximum atomic E-state index is 13.3. The van der Waals surface area contributed by atoms with Crippen molar-refractivity contribution in [3.05, 3.63) is 29.6 Å². The van der Waals surface area contributed by atoms with Crippen LogP contribution < -0.4 is 10.5 Å². The lowest BCUT2D eigenvalue weighted by molar-refractivity contribution is 0.318. The summed E-state index contributed by atoms with van der Waals surface area (Å²) < 4.78 is 38.1. The molecule has 0 radical (unpaired) electrons. The number of hydrogen-bond acceptors (Lipinski definition) is 4. The van der Waals surface area contributed by atoms with Crippen LogP contribution in [-0.2, 0) is 10.0 Å². The Labute approximate surface area is 98.0 Å². The molecule has 4 N–H and O–H groups in total. The third kappa shape index (κ3) is 3.31. The first-order valence-corrected chi connectivity index (χ1v) is 6.32. The lowest BCUT2D eigenvalue weighted by atomic mass is 10.2. The average Bonchev–Trinajstić information content (AvgIpc) is 2.30. The standard InChI is InChI=1S/C9H12FN3O3S/c1-2-17(15,16)13-6-3-4-8(10)7(5-6)9(11)12-14/h3-5,13-14H,2H2,1H3,(H2,11,12). The Bertz CT molecular complexity index is 542. The summed E-state index contributed by atoms with van der Waals surface area (Å²) in [5, 5.41) is 11.1. The van der Waals surface area contributed by atoms with E-state index in [0.29, 0.717) is 0 Å². The van der Waals surface area contributed by atoms with Crippen LogP contribution in [0.25, 0.3) is 0 Å². The van der Waals surface area contributed by atoms with E-state index in [0.717, 1.165) is 12.1 Å². The predicted molar refractivity (Wildman–Crippen MR) is 62.0 cm³/mol. The van der Waals surface area contributed by atoms with Gasteiger partial charge in [0.15, 0.2) is 5.84 Å². The van der Waals surface area contributed by atoms with E-state index in [2.05, 4.69) is 9.88 Å². The summed E-state index contributed by atoms with van der Waals surface area (Å²) >= 11 is 0. The van der Waals surface area contributed by atoms with E-state index in [1.165, 1.54) is 13.0 Å². The molecule has 1 aromatic rings. The van der Waals surface area contributed by atoms with Crippen LogP contribution in [0.4, 0.5) is 10.1 Å². The number of nitrogens with two attached hydrogens (primary N) is 1. The van der Waals surface area contributed by atoms with Crippen LogP contribution in [0.5, 0.6) is 0 Å². The molecule has 0 aromatic heterocycles. The Morgan fingerprint density at radius 2 is 2.24 bits per heavy atom. The minimum absolute atomic E-state index is 0.108. The highest BCUT2D eigenvalue weighted by Gasteiger charge is 2.11. The van der Waals surface area contributed by atoms with Crippen LogP contribution in [0, 0.1) is 5.82 Å². The molecule has 0 heterocycles. The summed E-state index contributed by atoms with van der Waals surface area (Å²) in [5.41, 5.74) is 5.21.